The third-order valence-electron chi connectivity index (χ3n) is 2.75. The molecule has 0 unspecified atom stereocenters. The van der Waals surface area contributed by atoms with Crippen LogP contribution in [0.1, 0.15) is 16.1 Å². The Kier molecular flexibility index (Phi) is 3.80. The second-order valence-electron chi connectivity index (χ2n) is 4.29. The highest BCUT2D eigenvalue weighted by molar-refractivity contribution is 8.18. The van der Waals surface area contributed by atoms with Crippen molar-refractivity contribution in [1.82, 2.24) is 5.32 Å². The van der Waals surface area contributed by atoms with E-state index in [9.17, 15) is 14.4 Å². The van der Waals surface area contributed by atoms with Crippen molar-refractivity contribution in [3.8, 4) is 5.75 Å². The van der Waals surface area contributed by atoms with Gasteiger partial charge >= 0.3 is 5.97 Å². The Balaban J connectivity index is 1.71. The summed E-state index contributed by atoms with van der Waals surface area (Å²) >= 11 is 0.845. The number of nitrogens with one attached hydrogen (secondary N) is 1. The maximum atomic E-state index is 11.7. The summed E-state index contributed by atoms with van der Waals surface area (Å²) in [6.45, 7) is 0. The summed E-state index contributed by atoms with van der Waals surface area (Å²) in [4.78, 5) is 34.5. The normalized spacial score (nSPS) is 15.9. The summed E-state index contributed by atoms with van der Waals surface area (Å²) in [7, 11) is 0. The Morgan fingerprint density at radius 1 is 1.18 bits per heavy atom. The predicted octanol–water partition coefficient (Wildman–Crippen LogP) is 2.82. The van der Waals surface area contributed by atoms with Crippen molar-refractivity contribution in [2.24, 2.45) is 0 Å². The van der Waals surface area contributed by atoms with Crippen LogP contribution in [-0.2, 0) is 4.79 Å². The fourth-order valence-electron chi connectivity index (χ4n) is 1.76. The highest BCUT2D eigenvalue weighted by Crippen LogP contribution is 2.26. The van der Waals surface area contributed by atoms with Crippen molar-refractivity contribution in [3.63, 3.8) is 0 Å². The van der Waals surface area contributed by atoms with E-state index in [2.05, 4.69) is 5.32 Å². The largest absolute Gasteiger partial charge is 0.457 e. The number of thioether (sulfide) groups is 1. The molecule has 1 aromatic heterocycles. The summed E-state index contributed by atoms with van der Waals surface area (Å²) < 4.78 is 10.1. The Bertz CT molecular complexity index is 762. The van der Waals surface area contributed by atoms with Gasteiger partial charge in [-0.3, -0.25) is 14.9 Å². The second kappa shape index (κ2) is 5.90. The molecule has 110 valence electrons. The molecule has 1 saturated heterocycles. The molecule has 7 heteroatoms. The van der Waals surface area contributed by atoms with Crippen LogP contribution >= 0.6 is 11.8 Å². The number of hydrogen-bond acceptors (Lipinski definition) is 6. The topological polar surface area (TPSA) is 85.6 Å². The van der Waals surface area contributed by atoms with E-state index in [1.165, 1.54) is 12.3 Å². The molecule has 1 N–H and O–H groups in total. The third-order valence-corrected chi connectivity index (χ3v) is 3.56. The molecule has 1 aliphatic heterocycles. The van der Waals surface area contributed by atoms with Gasteiger partial charge in [-0.2, -0.15) is 0 Å². The molecule has 0 atom stereocenters. The molecule has 6 nitrogen and oxygen atoms in total. The van der Waals surface area contributed by atoms with Gasteiger partial charge in [0.15, 0.2) is 0 Å². The molecular weight excluding hydrogens is 306 g/mol. The lowest BCUT2D eigenvalue weighted by molar-refractivity contribution is -0.115. The van der Waals surface area contributed by atoms with Crippen LogP contribution in [0.15, 0.2) is 52.0 Å². The number of imide groups is 1. The lowest BCUT2D eigenvalue weighted by Crippen LogP contribution is -2.17. The number of carbonyl (C=O) groups excluding carboxylic acids is 3. The van der Waals surface area contributed by atoms with Crippen molar-refractivity contribution < 1.29 is 23.5 Å². The van der Waals surface area contributed by atoms with E-state index in [0.29, 0.717) is 16.2 Å². The Labute approximate surface area is 129 Å². The van der Waals surface area contributed by atoms with E-state index in [-0.39, 0.29) is 11.0 Å². The Hall–Kier alpha value is -2.80. The van der Waals surface area contributed by atoms with Gasteiger partial charge in [0.2, 0.25) is 5.76 Å². The minimum Gasteiger partial charge on any atom is -0.457 e. The molecule has 1 aliphatic rings. The van der Waals surface area contributed by atoms with Gasteiger partial charge in [-0.15, -0.1) is 0 Å². The zero-order valence-electron chi connectivity index (χ0n) is 11.1. The smallest absolute Gasteiger partial charge is 0.379 e. The average Bonchev–Trinajstić information content (AvgIpc) is 3.12. The number of hydrogen-bond donors (Lipinski definition) is 1. The fraction of sp³-hybridized carbons (Fsp3) is 0. The lowest BCUT2D eigenvalue weighted by atomic mass is 10.2. The number of benzene rings is 1. The van der Waals surface area contributed by atoms with Gasteiger partial charge < -0.3 is 9.15 Å². The number of amides is 2. The van der Waals surface area contributed by atoms with Crippen LogP contribution in [0.3, 0.4) is 0 Å². The third kappa shape index (κ3) is 3.09. The summed E-state index contributed by atoms with van der Waals surface area (Å²) in [6, 6.07) is 9.63. The number of rotatable bonds is 3. The van der Waals surface area contributed by atoms with Crippen LogP contribution in [0.5, 0.6) is 5.75 Å². The fourth-order valence-corrected chi connectivity index (χ4v) is 2.44. The van der Waals surface area contributed by atoms with E-state index in [1.807, 2.05) is 0 Å². The number of furan rings is 1. The Morgan fingerprint density at radius 2 is 1.95 bits per heavy atom. The summed E-state index contributed by atoms with van der Waals surface area (Å²) in [5.41, 5.74) is 0.713. The van der Waals surface area contributed by atoms with Gasteiger partial charge in [0.05, 0.1) is 11.2 Å². The minimum absolute atomic E-state index is 0.115. The Morgan fingerprint density at radius 3 is 2.55 bits per heavy atom. The van der Waals surface area contributed by atoms with E-state index in [1.54, 1.807) is 36.4 Å². The summed E-state index contributed by atoms with van der Waals surface area (Å²) in [5, 5.41) is 1.79. The quantitative estimate of drug-likeness (QED) is 0.532. The maximum absolute atomic E-state index is 11.7. The molecular formula is C15H9NO5S. The van der Waals surface area contributed by atoms with Crippen molar-refractivity contribution in [3.05, 3.63) is 58.9 Å². The zero-order chi connectivity index (χ0) is 15.5. The highest BCUT2D eigenvalue weighted by atomic mass is 32.2. The molecule has 0 spiro atoms. The van der Waals surface area contributed by atoms with Crippen LogP contribution < -0.4 is 10.1 Å². The first-order valence-corrected chi connectivity index (χ1v) is 7.04. The predicted molar refractivity (Wildman–Crippen MR) is 79.2 cm³/mol. The van der Waals surface area contributed by atoms with Crippen molar-refractivity contribution >= 4 is 35.0 Å². The number of esters is 1. The number of ether oxygens (including phenoxy) is 1. The monoisotopic (exact) mass is 315 g/mol. The molecule has 1 fully saturated rings. The molecule has 0 aliphatic carbocycles. The molecule has 0 saturated carbocycles. The lowest BCUT2D eigenvalue weighted by Gasteiger charge is -2.02. The molecule has 0 radical (unpaired) electrons. The minimum atomic E-state index is -0.590. The number of carbonyl (C=O) groups is 3. The first kappa shape index (κ1) is 14.2. The van der Waals surface area contributed by atoms with Gasteiger partial charge in [-0.1, -0.05) is 12.1 Å². The van der Waals surface area contributed by atoms with Crippen LogP contribution in [0, 0.1) is 0 Å². The van der Waals surface area contributed by atoms with Crippen LogP contribution in [0.2, 0.25) is 0 Å². The van der Waals surface area contributed by atoms with Gasteiger partial charge in [-0.05, 0) is 47.7 Å². The van der Waals surface area contributed by atoms with Crippen molar-refractivity contribution in [2.75, 3.05) is 0 Å². The molecule has 0 bridgehead atoms. The second-order valence-corrected chi connectivity index (χ2v) is 5.30. The molecule has 3 rings (SSSR count). The van der Waals surface area contributed by atoms with E-state index < -0.39 is 11.9 Å². The highest BCUT2D eigenvalue weighted by Gasteiger charge is 2.24. The van der Waals surface area contributed by atoms with Crippen LogP contribution in [0.25, 0.3) is 6.08 Å². The van der Waals surface area contributed by atoms with Crippen LogP contribution in [0.4, 0.5) is 4.79 Å². The molecule has 2 aromatic rings. The first-order chi connectivity index (χ1) is 10.6. The first-order valence-electron chi connectivity index (χ1n) is 6.22. The van der Waals surface area contributed by atoms with Gasteiger partial charge in [-0.25, -0.2) is 4.79 Å². The molecule has 2 heterocycles. The molecule has 2 amide bonds. The van der Waals surface area contributed by atoms with Gasteiger partial charge in [0.1, 0.15) is 5.75 Å². The van der Waals surface area contributed by atoms with Gasteiger partial charge in [0, 0.05) is 0 Å². The van der Waals surface area contributed by atoms with Crippen molar-refractivity contribution in [1.29, 1.82) is 0 Å². The summed E-state index contributed by atoms with van der Waals surface area (Å²) in [6.07, 6.45) is 2.97. The molecule has 1 aromatic carbocycles. The van der Waals surface area contributed by atoms with E-state index in [0.717, 1.165) is 11.8 Å². The summed E-state index contributed by atoms with van der Waals surface area (Å²) in [5.74, 6) is -0.539. The SMILES string of the molecule is O=C1NC(=O)C(=Cc2ccc(OC(=O)c3ccco3)cc2)S1. The zero-order valence-corrected chi connectivity index (χ0v) is 11.9. The molecule has 22 heavy (non-hydrogen) atoms. The maximum Gasteiger partial charge on any atom is 0.379 e. The standard InChI is InChI=1S/C15H9NO5S/c17-13-12(22-15(19)16-13)8-9-3-5-10(6-4-9)21-14(18)11-2-1-7-20-11/h1-8H,(H,16,17,19). The average molecular weight is 315 g/mol. The van der Waals surface area contributed by atoms with E-state index in [4.69, 9.17) is 9.15 Å². The van der Waals surface area contributed by atoms with Crippen LogP contribution in [-0.4, -0.2) is 17.1 Å². The van der Waals surface area contributed by atoms with E-state index >= 15 is 0 Å². The van der Waals surface area contributed by atoms with Gasteiger partial charge in [0.25, 0.3) is 11.1 Å². The van der Waals surface area contributed by atoms with Crippen molar-refractivity contribution in [2.45, 2.75) is 0 Å².